The number of aromatic nitrogens is 3. The van der Waals surface area contributed by atoms with Gasteiger partial charge in [0.15, 0.2) is 11.4 Å². The van der Waals surface area contributed by atoms with Gasteiger partial charge in [0, 0.05) is 22.4 Å². The molecule has 1 aliphatic rings. The van der Waals surface area contributed by atoms with Crippen LogP contribution in [0, 0.1) is 0 Å². The van der Waals surface area contributed by atoms with Crippen molar-refractivity contribution in [2.24, 2.45) is 0 Å². The third-order valence-corrected chi connectivity index (χ3v) is 8.66. The molecule has 2 aromatic heterocycles. The molecule has 3 aromatic rings. The number of carbonyl (C=O) groups is 1. The molecule has 12 heteroatoms. The van der Waals surface area contributed by atoms with Gasteiger partial charge in [0.1, 0.15) is 0 Å². The lowest BCUT2D eigenvalue weighted by Crippen LogP contribution is -2.22. The maximum absolute atomic E-state index is 12.7. The Morgan fingerprint density at radius 3 is 2.44 bits per heavy atom. The molecule has 0 atom stereocenters. The molecule has 182 valence electrons. The number of rotatable bonds is 5. The van der Waals surface area contributed by atoms with E-state index in [0.717, 1.165) is 47.0 Å². The van der Waals surface area contributed by atoms with Crippen molar-refractivity contribution in [3.63, 3.8) is 0 Å². The van der Waals surface area contributed by atoms with Crippen LogP contribution in [0.2, 0.25) is 0 Å². The Labute approximate surface area is 207 Å². The van der Waals surface area contributed by atoms with Crippen LogP contribution < -0.4 is 5.32 Å². The van der Waals surface area contributed by atoms with E-state index in [1.807, 2.05) is 0 Å². The van der Waals surface area contributed by atoms with E-state index in [1.165, 1.54) is 0 Å². The molecule has 0 radical (unpaired) electrons. The zero-order valence-electron chi connectivity index (χ0n) is 18.4. The molecule has 4 rings (SSSR count). The van der Waals surface area contributed by atoms with Gasteiger partial charge in [-0.1, -0.05) is 10.8 Å². The minimum atomic E-state index is -4.64. The van der Waals surface area contributed by atoms with Crippen molar-refractivity contribution in [3.8, 4) is 0 Å². The monoisotopic (exact) mass is 528 g/mol. The molecular formula is C22H23F3N4O2S3. The highest BCUT2D eigenvalue weighted by atomic mass is 33.1. The number of nitrogens with zero attached hydrogens (tertiary/aromatic N) is 3. The van der Waals surface area contributed by atoms with Crippen molar-refractivity contribution >= 4 is 55.6 Å². The number of hydrogen-bond donors (Lipinski definition) is 3. The van der Waals surface area contributed by atoms with Gasteiger partial charge < -0.3 is 10.4 Å². The molecule has 2 heterocycles. The molecule has 1 amide bonds. The maximum Gasteiger partial charge on any atom is 0.435 e. The quantitative estimate of drug-likeness (QED) is 0.270. The van der Waals surface area contributed by atoms with Gasteiger partial charge in [0.05, 0.1) is 20.8 Å². The molecule has 1 saturated carbocycles. The van der Waals surface area contributed by atoms with Crippen LogP contribution in [0.4, 0.5) is 18.9 Å². The SMILES string of the molecule is CC(C)(O)c1cc2nc(C3CCC(SS)CC3)sc2cc1NC(=O)c1ccc(C(F)(F)F)nn1. The van der Waals surface area contributed by atoms with Crippen LogP contribution in [0.5, 0.6) is 0 Å². The fraction of sp³-hybridized carbons (Fsp3) is 0.455. The number of amides is 1. The van der Waals surface area contributed by atoms with Gasteiger partial charge in [-0.15, -0.1) is 33.2 Å². The van der Waals surface area contributed by atoms with Crippen LogP contribution >= 0.6 is 33.8 Å². The summed E-state index contributed by atoms with van der Waals surface area (Å²) in [5.41, 5.74) is -1.22. The Bertz CT molecular complexity index is 1190. The van der Waals surface area contributed by atoms with E-state index in [0.29, 0.717) is 28.5 Å². The number of halogens is 3. The Balaban J connectivity index is 1.62. The van der Waals surface area contributed by atoms with E-state index < -0.39 is 23.4 Å². The average molecular weight is 529 g/mol. The predicted octanol–water partition coefficient (Wildman–Crippen LogP) is 6.19. The Morgan fingerprint density at radius 2 is 1.88 bits per heavy atom. The molecule has 1 aromatic carbocycles. The zero-order valence-corrected chi connectivity index (χ0v) is 20.9. The van der Waals surface area contributed by atoms with Crippen molar-refractivity contribution in [2.75, 3.05) is 5.32 Å². The molecule has 0 unspecified atom stereocenters. The van der Waals surface area contributed by atoms with Gasteiger partial charge in [0.25, 0.3) is 5.91 Å². The van der Waals surface area contributed by atoms with Crippen LogP contribution in [0.15, 0.2) is 24.3 Å². The molecule has 0 aliphatic heterocycles. The number of aliphatic hydroxyl groups is 1. The lowest BCUT2D eigenvalue weighted by molar-refractivity contribution is -0.141. The van der Waals surface area contributed by atoms with Gasteiger partial charge >= 0.3 is 6.18 Å². The number of hydrogen-bond acceptors (Lipinski definition) is 8. The van der Waals surface area contributed by atoms with Crippen LogP contribution in [0.3, 0.4) is 0 Å². The molecule has 34 heavy (non-hydrogen) atoms. The first-order chi connectivity index (χ1) is 16.0. The van der Waals surface area contributed by atoms with E-state index in [2.05, 4.69) is 27.2 Å². The summed E-state index contributed by atoms with van der Waals surface area (Å²) in [5, 5.41) is 21.5. The van der Waals surface area contributed by atoms with Crippen molar-refractivity contribution in [1.82, 2.24) is 15.2 Å². The highest BCUT2D eigenvalue weighted by Crippen LogP contribution is 2.42. The first kappa shape index (κ1) is 25.2. The summed E-state index contributed by atoms with van der Waals surface area (Å²) in [4.78, 5) is 17.5. The number of benzene rings is 1. The topological polar surface area (TPSA) is 88.0 Å². The lowest BCUT2D eigenvalue weighted by Gasteiger charge is -2.25. The number of thiol groups is 1. The maximum atomic E-state index is 12.7. The summed E-state index contributed by atoms with van der Waals surface area (Å²) < 4.78 is 39.1. The van der Waals surface area contributed by atoms with E-state index in [1.54, 1.807) is 48.1 Å². The second kappa shape index (κ2) is 9.63. The highest BCUT2D eigenvalue weighted by molar-refractivity contribution is 8.68. The molecule has 6 nitrogen and oxygen atoms in total. The summed E-state index contributed by atoms with van der Waals surface area (Å²) in [5.74, 6) is -0.362. The zero-order chi connectivity index (χ0) is 24.7. The van der Waals surface area contributed by atoms with Gasteiger partial charge in [-0.2, -0.15) is 13.2 Å². The predicted molar refractivity (Wildman–Crippen MR) is 131 cm³/mol. The standard InChI is InChI=1S/C22H23F3N4O2S3/c1-21(2,31)13-9-16-17(33-20(27-16)11-3-5-12(34-32)6-4-11)10-15(13)26-19(30)14-7-8-18(29-28-14)22(23,24)25/h7-12,31-32H,3-6H2,1-2H3,(H,26,30). The Kier molecular flexibility index (Phi) is 7.14. The van der Waals surface area contributed by atoms with Crippen molar-refractivity contribution < 1.29 is 23.1 Å². The normalized spacial score (nSPS) is 19.4. The van der Waals surface area contributed by atoms with Gasteiger partial charge in [0.2, 0.25) is 0 Å². The third-order valence-electron chi connectivity index (χ3n) is 5.81. The Morgan fingerprint density at radius 1 is 1.18 bits per heavy atom. The number of fused-ring (bicyclic) bond motifs is 1. The fourth-order valence-electron chi connectivity index (χ4n) is 3.98. The van der Waals surface area contributed by atoms with E-state index in [4.69, 9.17) is 4.98 Å². The number of alkyl halides is 3. The van der Waals surface area contributed by atoms with Gasteiger partial charge in [-0.3, -0.25) is 4.79 Å². The van der Waals surface area contributed by atoms with Crippen molar-refractivity contribution in [1.29, 1.82) is 0 Å². The van der Waals surface area contributed by atoms with E-state index >= 15 is 0 Å². The summed E-state index contributed by atoms with van der Waals surface area (Å²) in [6, 6.07) is 5.17. The lowest BCUT2D eigenvalue weighted by atomic mass is 9.89. The number of nitrogens with one attached hydrogen (secondary N) is 1. The second-order valence-corrected chi connectivity index (χ2v) is 11.4. The number of anilines is 1. The molecule has 1 aliphatic carbocycles. The number of carbonyl (C=O) groups excluding carboxylic acids is 1. The van der Waals surface area contributed by atoms with Crippen molar-refractivity contribution in [3.05, 3.63) is 46.2 Å². The van der Waals surface area contributed by atoms with Gasteiger partial charge in [-0.25, -0.2) is 4.98 Å². The van der Waals surface area contributed by atoms with Gasteiger partial charge in [-0.05, 0) is 63.8 Å². The molecule has 0 saturated heterocycles. The highest BCUT2D eigenvalue weighted by Gasteiger charge is 2.33. The Hall–Kier alpha value is -1.89. The van der Waals surface area contributed by atoms with E-state index in [9.17, 15) is 23.1 Å². The summed E-state index contributed by atoms with van der Waals surface area (Å²) in [7, 11) is 1.60. The summed E-state index contributed by atoms with van der Waals surface area (Å²) in [6.45, 7) is 3.18. The molecule has 1 fully saturated rings. The number of thiazole rings is 1. The fourth-order valence-corrected chi connectivity index (χ4v) is 6.26. The summed E-state index contributed by atoms with van der Waals surface area (Å²) >= 11 is 5.88. The third kappa shape index (κ3) is 5.50. The molecule has 2 N–H and O–H groups in total. The molecular weight excluding hydrogens is 505 g/mol. The van der Waals surface area contributed by atoms with Crippen molar-refractivity contribution in [2.45, 2.75) is 62.5 Å². The summed E-state index contributed by atoms with van der Waals surface area (Å²) in [6.07, 6.45) is -0.409. The van der Waals surface area contributed by atoms with E-state index in [-0.39, 0.29) is 5.69 Å². The van der Waals surface area contributed by atoms with Crippen LogP contribution in [0.1, 0.15) is 72.2 Å². The minimum Gasteiger partial charge on any atom is -0.386 e. The van der Waals surface area contributed by atoms with Crippen LogP contribution in [-0.2, 0) is 11.8 Å². The van der Waals surface area contributed by atoms with Crippen LogP contribution in [0.25, 0.3) is 10.2 Å². The second-order valence-electron chi connectivity index (χ2n) is 8.81. The smallest absolute Gasteiger partial charge is 0.386 e. The van der Waals surface area contributed by atoms with Crippen LogP contribution in [-0.4, -0.2) is 31.4 Å². The first-order valence-corrected chi connectivity index (χ1v) is 13.4. The average Bonchev–Trinajstić information content (AvgIpc) is 3.20. The molecule has 0 bridgehead atoms. The first-order valence-electron chi connectivity index (χ1n) is 10.7. The molecule has 0 spiro atoms. The minimum absolute atomic E-state index is 0.265. The largest absolute Gasteiger partial charge is 0.435 e.